The number of aromatic amines is 1. The topological polar surface area (TPSA) is 57.4 Å². The van der Waals surface area contributed by atoms with E-state index in [1.165, 1.54) is 7.11 Å². The number of fused-ring (bicyclic) bond motifs is 1. The molecule has 1 amide bonds. The maximum atomic E-state index is 12.8. The van der Waals surface area contributed by atoms with Crippen LogP contribution < -0.4 is 5.32 Å². The Morgan fingerprint density at radius 1 is 1.16 bits per heavy atom. The minimum atomic E-state index is -0.205. The summed E-state index contributed by atoms with van der Waals surface area (Å²) >= 11 is 12.2. The molecule has 0 saturated carbocycles. The molecule has 1 saturated heterocycles. The lowest BCUT2D eigenvalue weighted by Crippen LogP contribution is -2.62. The molecule has 1 aromatic heterocycles. The summed E-state index contributed by atoms with van der Waals surface area (Å²) in [7, 11) is 3.66. The van der Waals surface area contributed by atoms with Gasteiger partial charge in [-0.25, -0.2) is 0 Å². The fraction of sp³-hybridized carbons (Fsp3) is 0.458. The Morgan fingerprint density at radius 2 is 1.77 bits per heavy atom. The first-order chi connectivity index (χ1) is 14.4. The van der Waals surface area contributed by atoms with Crippen LogP contribution in [-0.2, 0) is 9.53 Å². The van der Waals surface area contributed by atoms with Gasteiger partial charge in [0.05, 0.1) is 17.2 Å². The van der Waals surface area contributed by atoms with Crippen LogP contribution in [0, 0.1) is 0 Å². The molecule has 168 valence electrons. The van der Waals surface area contributed by atoms with Gasteiger partial charge in [0.2, 0.25) is 0 Å². The van der Waals surface area contributed by atoms with Crippen LogP contribution in [0.25, 0.3) is 17.0 Å². The normalized spacial score (nSPS) is 19.8. The third-order valence-electron chi connectivity index (χ3n) is 6.29. The second-order valence-electron chi connectivity index (χ2n) is 9.43. The molecule has 2 heterocycles. The summed E-state index contributed by atoms with van der Waals surface area (Å²) in [4.78, 5) is 18.5. The number of amides is 1. The molecule has 2 N–H and O–H groups in total. The summed E-state index contributed by atoms with van der Waals surface area (Å²) in [6.45, 7) is 8.85. The number of methoxy groups -OCH3 is 1. The minimum absolute atomic E-state index is 0.00202. The Morgan fingerprint density at radius 3 is 2.39 bits per heavy atom. The highest BCUT2D eigenvalue weighted by Gasteiger charge is 2.43. The van der Waals surface area contributed by atoms with Crippen molar-refractivity contribution >= 4 is 46.1 Å². The predicted octanol–water partition coefficient (Wildman–Crippen LogP) is 5.79. The number of piperidine rings is 1. The first-order valence-corrected chi connectivity index (χ1v) is 11.1. The number of carbonyl (C=O) groups excluding carboxylic acids is 1. The molecule has 1 aliphatic rings. The molecular formula is C24H31Cl2N3O2. The van der Waals surface area contributed by atoms with Crippen LogP contribution in [-0.4, -0.2) is 47.1 Å². The number of hydrogen-bond donors (Lipinski definition) is 2. The van der Waals surface area contributed by atoms with Gasteiger partial charge in [0.25, 0.3) is 5.91 Å². The van der Waals surface area contributed by atoms with E-state index in [1.54, 1.807) is 18.2 Å². The molecule has 1 fully saturated rings. The lowest BCUT2D eigenvalue weighted by atomic mass is 9.77. The van der Waals surface area contributed by atoms with Crippen LogP contribution >= 0.6 is 23.2 Å². The Labute approximate surface area is 194 Å². The fourth-order valence-corrected chi connectivity index (χ4v) is 4.78. The van der Waals surface area contributed by atoms with E-state index in [0.717, 1.165) is 29.4 Å². The number of hydrogen-bond acceptors (Lipinski definition) is 3. The SMILES string of the molecule is COC(=CC=Cc1cc2cc(Cl)c(Cl)cc2[nH]1)C(=O)NC1CC(C)(C)N(C)C(C)(C)C1. The number of likely N-dealkylation sites (tertiary alicyclic amines) is 1. The Balaban J connectivity index is 1.70. The minimum Gasteiger partial charge on any atom is -0.491 e. The lowest BCUT2D eigenvalue weighted by Gasteiger charge is -2.53. The number of ether oxygens (including phenoxy) is 1. The number of nitrogens with zero attached hydrogens (tertiary/aromatic N) is 1. The summed E-state index contributed by atoms with van der Waals surface area (Å²) in [6.07, 6.45) is 7.09. The summed E-state index contributed by atoms with van der Waals surface area (Å²) in [5, 5.41) is 5.14. The molecule has 0 atom stereocenters. The van der Waals surface area contributed by atoms with Crippen LogP contribution in [0.3, 0.4) is 0 Å². The van der Waals surface area contributed by atoms with Crippen molar-refractivity contribution in [1.29, 1.82) is 0 Å². The fourth-order valence-electron chi connectivity index (χ4n) is 4.44. The molecule has 3 rings (SSSR count). The highest BCUT2D eigenvalue weighted by molar-refractivity contribution is 6.42. The highest BCUT2D eigenvalue weighted by atomic mass is 35.5. The highest BCUT2D eigenvalue weighted by Crippen LogP contribution is 2.37. The number of aromatic nitrogens is 1. The maximum Gasteiger partial charge on any atom is 0.286 e. The van der Waals surface area contributed by atoms with E-state index in [9.17, 15) is 4.79 Å². The molecular weight excluding hydrogens is 433 g/mol. The summed E-state index contributed by atoms with van der Waals surface area (Å²) < 4.78 is 5.35. The largest absolute Gasteiger partial charge is 0.491 e. The van der Waals surface area contributed by atoms with Crippen molar-refractivity contribution in [2.45, 2.75) is 57.7 Å². The van der Waals surface area contributed by atoms with Crippen LogP contribution in [0.4, 0.5) is 0 Å². The number of H-pyrrole nitrogens is 1. The van der Waals surface area contributed by atoms with E-state index in [2.05, 4.69) is 49.9 Å². The third-order valence-corrected chi connectivity index (χ3v) is 7.01. The number of allylic oxidation sites excluding steroid dienone is 2. The summed E-state index contributed by atoms with van der Waals surface area (Å²) in [5.74, 6) is 0.0662. The number of rotatable bonds is 5. The van der Waals surface area contributed by atoms with Crippen molar-refractivity contribution in [3.05, 3.63) is 51.8 Å². The van der Waals surface area contributed by atoms with E-state index in [-0.39, 0.29) is 28.8 Å². The van der Waals surface area contributed by atoms with Gasteiger partial charge in [-0.2, -0.15) is 0 Å². The lowest BCUT2D eigenvalue weighted by molar-refractivity contribution is -0.122. The number of carbonyl (C=O) groups is 1. The van der Waals surface area contributed by atoms with E-state index < -0.39 is 0 Å². The zero-order chi connectivity index (χ0) is 23.0. The van der Waals surface area contributed by atoms with Gasteiger partial charge >= 0.3 is 0 Å². The van der Waals surface area contributed by atoms with Gasteiger partial charge in [-0.1, -0.05) is 29.3 Å². The van der Waals surface area contributed by atoms with Crippen molar-refractivity contribution in [3.8, 4) is 0 Å². The van der Waals surface area contributed by atoms with Gasteiger partial charge in [-0.05, 0) is 77.9 Å². The second-order valence-corrected chi connectivity index (χ2v) is 10.2. The molecule has 0 spiro atoms. The molecule has 7 heteroatoms. The molecule has 0 unspecified atom stereocenters. The monoisotopic (exact) mass is 463 g/mol. The Hall–Kier alpha value is -1.95. The Bertz CT molecular complexity index is 980. The average molecular weight is 464 g/mol. The maximum absolute atomic E-state index is 12.8. The van der Waals surface area contributed by atoms with Gasteiger partial charge < -0.3 is 15.0 Å². The zero-order valence-electron chi connectivity index (χ0n) is 19.0. The third kappa shape index (κ3) is 5.28. The van der Waals surface area contributed by atoms with Crippen LogP contribution in [0.1, 0.15) is 46.2 Å². The molecule has 1 aliphatic heterocycles. The van der Waals surface area contributed by atoms with Gasteiger partial charge in [-0.15, -0.1) is 0 Å². The van der Waals surface area contributed by atoms with E-state index in [0.29, 0.717) is 10.0 Å². The van der Waals surface area contributed by atoms with Crippen LogP contribution in [0.2, 0.25) is 10.0 Å². The van der Waals surface area contributed by atoms with E-state index >= 15 is 0 Å². The summed E-state index contributed by atoms with van der Waals surface area (Å²) in [6, 6.07) is 5.67. The van der Waals surface area contributed by atoms with Gasteiger partial charge in [-0.3, -0.25) is 9.69 Å². The van der Waals surface area contributed by atoms with Crippen LogP contribution in [0.15, 0.2) is 36.1 Å². The molecule has 0 aliphatic carbocycles. The van der Waals surface area contributed by atoms with Crippen molar-refractivity contribution in [2.24, 2.45) is 0 Å². The van der Waals surface area contributed by atoms with Crippen molar-refractivity contribution in [3.63, 3.8) is 0 Å². The molecule has 5 nitrogen and oxygen atoms in total. The summed E-state index contributed by atoms with van der Waals surface area (Å²) in [5.41, 5.74) is 1.77. The smallest absolute Gasteiger partial charge is 0.286 e. The number of nitrogens with one attached hydrogen (secondary N) is 2. The van der Waals surface area contributed by atoms with E-state index in [4.69, 9.17) is 27.9 Å². The molecule has 1 aromatic carbocycles. The average Bonchev–Trinajstić information content (AvgIpc) is 3.04. The molecule has 2 aromatic rings. The van der Waals surface area contributed by atoms with Crippen molar-refractivity contribution in [2.75, 3.05) is 14.2 Å². The molecule has 31 heavy (non-hydrogen) atoms. The van der Waals surface area contributed by atoms with Gasteiger partial charge in [0.15, 0.2) is 5.76 Å². The number of benzene rings is 1. The Kier molecular flexibility index (Phi) is 6.80. The quantitative estimate of drug-likeness (QED) is 0.335. The zero-order valence-corrected chi connectivity index (χ0v) is 20.5. The van der Waals surface area contributed by atoms with Gasteiger partial charge in [0.1, 0.15) is 0 Å². The first-order valence-electron chi connectivity index (χ1n) is 10.4. The number of halogens is 2. The van der Waals surface area contributed by atoms with Crippen molar-refractivity contribution < 1.29 is 9.53 Å². The van der Waals surface area contributed by atoms with Crippen molar-refractivity contribution in [1.82, 2.24) is 15.2 Å². The standard InChI is InChI=1S/C24H31Cl2N3O2/c1-23(2)13-17(14-24(3,4)29(23)5)28-22(30)21(31-6)9-7-8-16-10-15-11-18(25)19(26)12-20(15)27-16/h7-12,17,27H,13-14H2,1-6H3,(H,28,30). The first kappa shape index (κ1) is 23.7. The van der Waals surface area contributed by atoms with Gasteiger partial charge in [0, 0.05) is 33.7 Å². The molecule has 0 bridgehead atoms. The predicted molar refractivity (Wildman–Crippen MR) is 130 cm³/mol. The molecule has 0 radical (unpaired) electrons. The second kappa shape index (κ2) is 8.89. The van der Waals surface area contributed by atoms with Crippen LogP contribution in [0.5, 0.6) is 0 Å². The van der Waals surface area contributed by atoms with E-state index in [1.807, 2.05) is 18.2 Å².